The summed E-state index contributed by atoms with van der Waals surface area (Å²) in [4.78, 5) is 12.6. The molecule has 9 heteroatoms. The molecule has 0 saturated carbocycles. The normalized spacial score (nSPS) is 11.3. The number of hydrazone groups is 1. The molecule has 166 valence electrons. The predicted molar refractivity (Wildman–Crippen MR) is 121 cm³/mol. The molecule has 0 unspecified atom stereocenters. The number of rotatable bonds is 8. The number of hydrogen-bond acceptors (Lipinski definition) is 5. The summed E-state index contributed by atoms with van der Waals surface area (Å²) in [6, 6.07) is 18.4. The Hall–Kier alpha value is -3.72. The van der Waals surface area contributed by atoms with Crippen molar-refractivity contribution in [2.75, 3.05) is 18.0 Å². The number of sulfonamides is 1. The number of ether oxygens (including phenoxy) is 1. The fourth-order valence-electron chi connectivity index (χ4n) is 2.87. The molecule has 0 atom stereocenters. The first-order chi connectivity index (χ1) is 15.3. The molecule has 0 spiro atoms. The zero-order valence-electron chi connectivity index (χ0n) is 17.5. The molecule has 0 saturated heterocycles. The lowest BCUT2D eigenvalue weighted by molar-refractivity contribution is -0.119. The van der Waals surface area contributed by atoms with Crippen LogP contribution in [0.5, 0.6) is 5.75 Å². The molecule has 3 aromatic carbocycles. The minimum absolute atomic E-state index is 0.0385. The highest BCUT2D eigenvalue weighted by molar-refractivity contribution is 7.92. The topological polar surface area (TPSA) is 88.1 Å². The second kappa shape index (κ2) is 10.1. The summed E-state index contributed by atoms with van der Waals surface area (Å²) in [5.74, 6) is -0.754. The Morgan fingerprint density at radius 3 is 2.38 bits per heavy atom. The van der Waals surface area contributed by atoms with Crippen molar-refractivity contribution in [3.05, 3.63) is 89.7 Å². The van der Waals surface area contributed by atoms with Gasteiger partial charge < -0.3 is 4.74 Å². The van der Waals surface area contributed by atoms with Crippen molar-refractivity contribution in [2.45, 2.75) is 11.8 Å². The van der Waals surface area contributed by atoms with Gasteiger partial charge in [0.2, 0.25) is 0 Å². The molecule has 0 aliphatic heterocycles. The Morgan fingerprint density at radius 1 is 1.06 bits per heavy atom. The molecule has 7 nitrogen and oxygen atoms in total. The smallest absolute Gasteiger partial charge is 0.264 e. The Morgan fingerprint density at radius 2 is 1.72 bits per heavy atom. The lowest BCUT2D eigenvalue weighted by atomic mass is 10.2. The van der Waals surface area contributed by atoms with Gasteiger partial charge >= 0.3 is 0 Å². The van der Waals surface area contributed by atoms with E-state index in [1.54, 1.807) is 36.4 Å². The number of carbonyl (C=O) groups excluding carboxylic acids is 1. The maximum absolute atomic E-state index is 13.4. The Balaban J connectivity index is 1.88. The van der Waals surface area contributed by atoms with E-state index in [4.69, 9.17) is 4.74 Å². The lowest BCUT2D eigenvalue weighted by Crippen LogP contribution is -2.39. The van der Waals surface area contributed by atoms with Gasteiger partial charge in [-0.25, -0.2) is 18.2 Å². The summed E-state index contributed by atoms with van der Waals surface area (Å²) >= 11 is 0. The number of carbonyl (C=O) groups is 1. The fraction of sp³-hybridized carbons (Fsp3) is 0.130. The van der Waals surface area contributed by atoms with Gasteiger partial charge in [-0.2, -0.15) is 5.10 Å². The summed E-state index contributed by atoms with van der Waals surface area (Å²) in [6.07, 6.45) is 1.33. The highest BCUT2D eigenvalue weighted by Gasteiger charge is 2.29. The monoisotopic (exact) mass is 455 g/mol. The third-order valence-corrected chi connectivity index (χ3v) is 6.30. The van der Waals surface area contributed by atoms with Gasteiger partial charge in [0, 0.05) is 0 Å². The van der Waals surface area contributed by atoms with Gasteiger partial charge in [0.05, 0.1) is 23.9 Å². The molecule has 0 aliphatic carbocycles. The van der Waals surface area contributed by atoms with Crippen LogP contribution in [0.4, 0.5) is 10.1 Å². The van der Waals surface area contributed by atoms with Gasteiger partial charge in [0.15, 0.2) is 0 Å². The molecular formula is C23H22FN3O4S. The summed E-state index contributed by atoms with van der Waals surface area (Å²) in [5.41, 5.74) is 4.00. The molecular weight excluding hydrogens is 433 g/mol. The van der Waals surface area contributed by atoms with E-state index in [0.717, 1.165) is 9.87 Å². The van der Waals surface area contributed by atoms with Crippen LogP contribution >= 0.6 is 0 Å². The molecule has 0 heterocycles. The van der Waals surface area contributed by atoms with E-state index < -0.39 is 22.5 Å². The van der Waals surface area contributed by atoms with Gasteiger partial charge in [-0.05, 0) is 48.9 Å². The summed E-state index contributed by atoms with van der Waals surface area (Å²) in [6.45, 7) is 1.32. The van der Waals surface area contributed by atoms with Crippen molar-refractivity contribution < 1.29 is 22.3 Å². The van der Waals surface area contributed by atoms with Crippen LogP contribution in [0.3, 0.4) is 0 Å². The fourth-order valence-corrected chi connectivity index (χ4v) is 4.30. The van der Waals surface area contributed by atoms with Crippen molar-refractivity contribution in [1.82, 2.24) is 5.43 Å². The number of anilines is 1. The largest absolute Gasteiger partial charge is 0.495 e. The Bertz CT molecular complexity index is 1210. The van der Waals surface area contributed by atoms with Crippen molar-refractivity contribution in [3.63, 3.8) is 0 Å². The highest BCUT2D eigenvalue weighted by atomic mass is 32.2. The second-order valence-electron chi connectivity index (χ2n) is 6.84. The van der Waals surface area contributed by atoms with Crippen molar-refractivity contribution >= 4 is 27.8 Å². The third kappa shape index (κ3) is 5.50. The van der Waals surface area contributed by atoms with E-state index in [1.807, 2.05) is 6.92 Å². The van der Waals surface area contributed by atoms with Crippen LogP contribution in [0.1, 0.15) is 11.1 Å². The summed E-state index contributed by atoms with van der Waals surface area (Å²) in [5, 5.41) is 3.83. The van der Waals surface area contributed by atoms with Crippen molar-refractivity contribution in [2.24, 2.45) is 5.10 Å². The van der Waals surface area contributed by atoms with E-state index in [9.17, 15) is 17.6 Å². The maximum atomic E-state index is 13.4. The van der Waals surface area contributed by atoms with E-state index in [2.05, 4.69) is 10.5 Å². The zero-order chi connectivity index (χ0) is 23.1. The van der Waals surface area contributed by atoms with Crippen LogP contribution in [0, 0.1) is 12.7 Å². The number of amides is 1. The SMILES string of the molecule is COc1ccccc1N(CC(=O)N/N=C\c1ccc(F)cc1)S(=O)(=O)c1ccc(C)cc1. The highest BCUT2D eigenvalue weighted by Crippen LogP contribution is 2.32. The first-order valence-electron chi connectivity index (χ1n) is 9.61. The van der Waals surface area contributed by atoms with Gasteiger partial charge in [-0.3, -0.25) is 9.10 Å². The van der Waals surface area contributed by atoms with Crippen LogP contribution in [0.15, 0.2) is 82.8 Å². The predicted octanol–water partition coefficient (Wildman–Crippen LogP) is 3.49. The first kappa shape index (κ1) is 23.0. The molecule has 3 rings (SSSR count). The first-order valence-corrected chi connectivity index (χ1v) is 11.0. The lowest BCUT2D eigenvalue weighted by Gasteiger charge is -2.25. The molecule has 0 radical (unpaired) electrons. The van der Waals surface area contributed by atoms with Crippen LogP contribution in [0.2, 0.25) is 0 Å². The van der Waals surface area contributed by atoms with Crippen LogP contribution in [0.25, 0.3) is 0 Å². The number of aryl methyl sites for hydroxylation is 1. The number of nitrogens with zero attached hydrogens (tertiary/aromatic N) is 2. The standard InChI is InChI=1S/C23H22FN3O4S/c1-17-7-13-20(14-8-17)32(29,30)27(21-5-3-4-6-22(21)31-2)16-23(28)26-25-15-18-9-11-19(24)12-10-18/h3-15H,16H2,1-2H3,(H,26,28)/b25-15-. The number of nitrogens with one attached hydrogen (secondary N) is 1. The summed E-state index contributed by atoms with van der Waals surface area (Å²) in [7, 11) is -2.66. The molecule has 1 N–H and O–H groups in total. The Kier molecular flexibility index (Phi) is 7.21. The van der Waals surface area contributed by atoms with E-state index in [-0.39, 0.29) is 16.4 Å². The van der Waals surface area contributed by atoms with Gasteiger partial charge in [-0.1, -0.05) is 42.0 Å². The van der Waals surface area contributed by atoms with Crippen molar-refractivity contribution in [1.29, 1.82) is 0 Å². The molecule has 32 heavy (non-hydrogen) atoms. The van der Waals surface area contributed by atoms with E-state index in [0.29, 0.717) is 11.3 Å². The number of halogens is 1. The second-order valence-corrected chi connectivity index (χ2v) is 8.70. The molecule has 0 fully saturated rings. The van der Waals surface area contributed by atoms with E-state index in [1.165, 1.54) is 49.7 Å². The van der Waals surface area contributed by atoms with E-state index >= 15 is 0 Å². The molecule has 1 amide bonds. The zero-order valence-corrected chi connectivity index (χ0v) is 18.3. The van der Waals surface area contributed by atoms with Crippen LogP contribution < -0.4 is 14.5 Å². The third-order valence-electron chi connectivity index (χ3n) is 4.52. The minimum atomic E-state index is -4.08. The maximum Gasteiger partial charge on any atom is 0.264 e. The van der Waals surface area contributed by atoms with Crippen molar-refractivity contribution in [3.8, 4) is 5.75 Å². The van der Waals surface area contributed by atoms with Crippen LogP contribution in [-0.2, 0) is 14.8 Å². The number of para-hydroxylation sites is 2. The number of hydrogen-bond donors (Lipinski definition) is 1. The molecule has 0 aliphatic rings. The van der Waals surface area contributed by atoms with Gasteiger partial charge in [-0.15, -0.1) is 0 Å². The average molecular weight is 456 g/mol. The van der Waals surface area contributed by atoms with Gasteiger partial charge in [0.1, 0.15) is 18.1 Å². The quantitative estimate of drug-likeness (QED) is 0.416. The number of benzene rings is 3. The molecule has 3 aromatic rings. The summed E-state index contributed by atoms with van der Waals surface area (Å²) < 4.78 is 46.1. The average Bonchev–Trinajstić information content (AvgIpc) is 2.79. The van der Waals surface area contributed by atoms with Gasteiger partial charge in [0.25, 0.3) is 15.9 Å². The van der Waals surface area contributed by atoms with Crippen LogP contribution in [-0.4, -0.2) is 34.2 Å². The minimum Gasteiger partial charge on any atom is -0.495 e. The molecule has 0 bridgehead atoms. The number of methoxy groups -OCH3 is 1. The molecule has 0 aromatic heterocycles. The Labute approximate surface area is 186 Å².